The van der Waals surface area contributed by atoms with Crippen molar-refractivity contribution < 1.29 is 18.7 Å². The smallest absolute Gasteiger partial charge is 0.308 e. The third kappa shape index (κ3) is 4.19. The zero-order chi connectivity index (χ0) is 16.3. The lowest BCUT2D eigenvalue weighted by Gasteiger charge is -2.26. The van der Waals surface area contributed by atoms with Crippen molar-refractivity contribution in [2.24, 2.45) is 0 Å². The second-order valence-corrected chi connectivity index (χ2v) is 6.02. The summed E-state index contributed by atoms with van der Waals surface area (Å²) in [5, 5.41) is 9.45. The van der Waals surface area contributed by atoms with Crippen molar-refractivity contribution in [3.05, 3.63) is 29.6 Å². The zero-order valence-corrected chi connectivity index (χ0v) is 13.0. The lowest BCUT2D eigenvalue weighted by molar-refractivity contribution is -0.155. The topological polar surface area (TPSA) is 59.3 Å². The molecule has 5 heteroatoms. The number of carbonyl (C=O) groups excluding carboxylic acids is 1. The molecule has 0 spiro atoms. The average molecular weight is 293 g/mol. The minimum absolute atomic E-state index is 0.0702. The molecule has 0 bridgehead atoms. The summed E-state index contributed by atoms with van der Waals surface area (Å²) < 4.78 is 24.5. The molecule has 0 saturated heterocycles. The molecule has 1 aromatic rings. The predicted molar refractivity (Wildman–Crippen MR) is 76.4 cm³/mol. The van der Waals surface area contributed by atoms with E-state index in [0.29, 0.717) is 0 Å². The van der Waals surface area contributed by atoms with Gasteiger partial charge >= 0.3 is 5.97 Å². The lowest BCUT2D eigenvalue weighted by Crippen LogP contribution is -2.31. The maximum Gasteiger partial charge on any atom is 0.308 e. The van der Waals surface area contributed by atoms with E-state index in [1.54, 1.807) is 26.8 Å². The summed E-state index contributed by atoms with van der Waals surface area (Å²) in [6.07, 6.45) is -0.252. The fourth-order valence-electron chi connectivity index (χ4n) is 2.06. The molecular weight excluding hydrogens is 273 g/mol. The summed E-state index contributed by atoms with van der Waals surface area (Å²) >= 11 is 0. The van der Waals surface area contributed by atoms with Crippen LogP contribution in [0.1, 0.15) is 39.7 Å². The van der Waals surface area contributed by atoms with E-state index in [4.69, 9.17) is 9.47 Å². The summed E-state index contributed by atoms with van der Waals surface area (Å²) in [5.74, 6) is -0.901. The highest BCUT2D eigenvalue weighted by atomic mass is 19.1. The molecule has 0 saturated carbocycles. The number of carbonyl (C=O) groups is 1. The number of benzene rings is 1. The van der Waals surface area contributed by atoms with Gasteiger partial charge in [0.1, 0.15) is 17.2 Å². The maximum atomic E-state index is 14.1. The second-order valence-electron chi connectivity index (χ2n) is 6.02. The first-order valence-electron chi connectivity index (χ1n) is 6.59. The first kappa shape index (κ1) is 17.0. The molecular formula is C16H20FNO3. The molecule has 1 aromatic carbocycles. The molecule has 0 heterocycles. The van der Waals surface area contributed by atoms with Gasteiger partial charge in [-0.15, -0.1) is 0 Å². The van der Waals surface area contributed by atoms with Gasteiger partial charge in [-0.05, 0) is 39.8 Å². The van der Waals surface area contributed by atoms with Gasteiger partial charge in [0.15, 0.2) is 0 Å². The van der Waals surface area contributed by atoms with E-state index in [1.807, 2.05) is 6.07 Å². The first-order chi connectivity index (χ1) is 9.63. The Kier molecular flexibility index (Phi) is 4.95. The Hall–Kier alpha value is -2.09. The highest BCUT2D eigenvalue weighted by molar-refractivity contribution is 5.73. The van der Waals surface area contributed by atoms with Crippen LogP contribution < -0.4 is 4.74 Å². The lowest BCUT2D eigenvalue weighted by atomic mass is 9.80. The van der Waals surface area contributed by atoms with Crippen molar-refractivity contribution in [2.45, 2.75) is 45.1 Å². The maximum absolute atomic E-state index is 14.1. The molecule has 0 fully saturated rings. The summed E-state index contributed by atoms with van der Waals surface area (Å²) in [6, 6.07) is 6.29. The minimum Gasteiger partial charge on any atom is -0.496 e. The predicted octanol–water partition coefficient (Wildman–Crippen LogP) is 3.35. The molecule has 0 amide bonds. The normalized spacial score (nSPS) is 14.0. The van der Waals surface area contributed by atoms with Crippen LogP contribution in [-0.4, -0.2) is 18.7 Å². The molecule has 0 aliphatic rings. The minimum atomic E-state index is -1.36. The Bertz CT molecular complexity index is 572. The van der Waals surface area contributed by atoms with E-state index in [0.717, 1.165) is 0 Å². The van der Waals surface area contributed by atoms with E-state index in [9.17, 15) is 14.4 Å². The fourth-order valence-corrected chi connectivity index (χ4v) is 2.06. The van der Waals surface area contributed by atoms with E-state index >= 15 is 0 Å². The quantitative estimate of drug-likeness (QED) is 0.799. The van der Waals surface area contributed by atoms with E-state index < -0.39 is 22.8 Å². The van der Waals surface area contributed by atoms with Gasteiger partial charge in [0.2, 0.25) is 0 Å². The molecule has 114 valence electrons. The number of halogens is 1. The molecule has 0 aliphatic heterocycles. The number of rotatable bonds is 4. The van der Waals surface area contributed by atoms with Crippen LogP contribution in [0.4, 0.5) is 4.39 Å². The largest absolute Gasteiger partial charge is 0.496 e. The number of ether oxygens (including phenoxy) is 2. The van der Waals surface area contributed by atoms with E-state index in [2.05, 4.69) is 0 Å². The summed E-state index contributed by atoms with van der Waals surface area (Å²) in [6.45, 7) is 6.70. The number of hydrogen-bond acceptors (Lipinski definition) is 4. The molecule has 0 aliphatic carbocycles. The monoisotopic (exact) mass is 293 g/mol. The van der Waals surface area contributed by atoms with Crippen molar-refractivity contribution in [1.82, 2.24) is 0 Å². The molecule has 4 nitrogen and oxygen atoms in total. The van der Waals surface area contributed by atoms with Crippen molar-refractivity contribution in [3.63, 3.8) is 0 Å². The Morgan fingerprint density at radius 2 is 1.95 bits per heavy atom. The number of nitriles is 1. The van der Waals surface area contributed by atoms with Crippen molar-refractivity contribution >= 4 is 5.97 Å². The Balaban J connectivity index is 3.18. The van der Waals surface area contributed by atoms with Gasteiger partial charge in [-0.1, -0.05) is 6.07 Å². The van der Waals surface area contributed by atoms with E-state index in [-0.39, 0.29) is 17.7 Å². The molecule has 0 N–H and O–H groups in total. The van der Waals surface area contributed by atoms with E-state index in [1.165, 1.54) is 26.2 Å². The summed E-state index contributed by atoms with van der Waals surface area (Å²) in [7, 11) is 1.39. The van der Waals surface area contributed by atoms with Crippen molar-refractivity contribution in [2.75, 3.05) is 7.11 Å². The van der Waals surface area contributed by atoms with Crippen LogP contribution in [0.15, 0.2) is 18.2 Å². The van der Waals surface area contributed by atoms with Crippen LogP contribution in [0.2, 0.25) is 0 Å². The van der Waals surface area contributed by atoms with Gasteiger partial charge in [0, 0.05) is 0 Å². The number of methoxy groups -OCH3 is 1. The third-order valence-electron chi connectivity index (χ3n) is 2.91. The van der Waals surface area contributed by atoms with Gasteiger partial charge in [-0.3, -0.25) is 4.79 Å². The van der Waals surface area contributed by atoms with Crippen LogP contribution in [0.5, 0.6) is 5.75 Å². The van der Waals surface area contributed by atoms with Gasteiger partial charge in [-0.2, -0.15) is 5.26 Å². The van der Waals surface area contributed by atoms with Crippen molar-refractivity contribution in [1.29, 1.82) is 5.26 Å². The van der Waals surface area contributed by atoms with Crippen LogP contribution in [0, 0.1) is 17.1 Å². The van der Waals surface area contributed by atoms with Gasteiger partial charge in [0.05, 0.1) is 30.6 Å². The number of esters is 1. The first-order valence-corrected chi connectivity index (χ1v) is 6.59. The standard InChI is InChI=1S/C16H20FNO3/c1-15(2,3)21-13(19)9-16(4,10-18)14-11(17)7-6-8-12(14)20-5/h6-8H,9H2,1-5H3. The third-order valence-corrected chi connectivity index (χ3v) is 2.91. The molecule has 21 heavy (non-hydrogen) atoms. The average Bonchev–Trinajstić information content (AvgIpc) is 2.35. The number of hydrogen-bond donors (Lipinski definition) is 0. The van der Waals surface area contributed by atoms with Gasteiger partial charge < -0.3 is 9.47 Å². The fraction of sp³-hybridized carbons (Fsp3) is 0.500. The van der Waals surface area contributed by atoms with Gasteiger partial charge in [0.25, 0.3) is 0 Å². The zero-order valence-electron chi connectivity index (χ0n) is 13.0. The SMILES string of the molecule is COc1cccc(F)c1C(C)(C#N)CC(=O)OC(C)(C)C. The molecule has 1 atom stereocenters. The molecule has 0 radical (unpaired) electrons. The summed E-state index contributed by atoms with van der Waals surface area (Å²) in [5.41, 5.74) is -1.95. The van der Waals surface area contributed by atoms with Crippen LogP contribution in [0.3, 0.4) is 0 Å². The van der Waals surface area contributed by atoms with Crippen LogP contribution in [0.25, 0.3) is 0 Å². The molecule has 1 unspecified atom stereocenters. The van der Waals surface area contributed by atoms with Crippen LogP contribution >= 0.6 is 0 Å². The highest BCUT2D eigenvalue weighted by Gasteiger charge is 2.37. The Morgan fingerprint density at radius 3 is 2.43 bits per heavy atom. The van der Waals surface area contributed by atoms with Crippen molar-refractivity contribution in [3.8, 4) is 11.8 Å². The van der Waals surface area contributed by atoms with Gasteiger partial charge in [-0.25, -0.2) is 4.39 Å². The Morgan fingerprint density at radius 1 is 1.33 bits per heavy atom. The highest BCUT2D eigenvalue weighted by Crippen LogP contribution is 2.36. The number of nitrogens with zero attached hydrogens (tertiary/aromatic N) is 1. The summed E-state index contributed by atoms with van der Waals surface area (Å²) in [4.78, 5) is 12.0. The molecule has 0 aromatic heterocycles. The van der Waals surface area contributed by atoms with Crippen LogP contribution in [-0.2, 0) is 14.9 Å². The second kappa shape index (κ2) is 6.13. The Labute approximate surface area is 124 Å². The molecule has 1 rings (SSSR count).